The topological polar surface area (TPSA) is 66.8 Å². The van der Waals surface area contributed by atoms with Crippen LogP contribution in [-0.2, 0) is 0 Å². The van der Waals surface area contributed by atoms with Crippen molar-refractivity contribution in [1.82, 2.24) is 19.9 Å². The third-order valence-corrected chi connectivity index (χ3v) is 4.79. The van der Waals surface area contributed by atoms with Crippen molar-refractivity contribution in [2.75, 3.05) is 23.3 Å². The van der Waals surface area contributed by atoms with Crippen LogP contribution in [0, 0.1) is 0 Å². The van der Waals surface area contributed by atoms with Crippen LogP contribution in [0.2, 0.25) is 0 Å². The van der Waals surface area contributed by atoms with Gasteiger partial charge in [-0.15, -0.1) is 11.3 Å². The number of hydrogen-bond donors (Lipinski definition) is 1. The summed E-state index contributed by atoms with van der Waals surface area (Å²) in [5.41, 5.74) is 0. The maximum Gasteiger partial charge on any atom is 0.140 e. The minimum absolute atomic E-state index is 0.450. The monoisotopic (exact) mass is 312 g/mol. The molecular weight excluding hydrogens is 296 g/mol. The zero-order chi connectivity index (χ0) is 14.8. The maximum atomic E-state index is 4.49. The minimum Gasteiger partial charge on any atom is -0.367 e. The Morgan fingerprint density at radius 2 is 2.00 bits per heavy atom. The Hall–Kier alpha value is -2.28. The van der Waals surface area contributed by atoms with Gasteiger partial charge in [0.15, 0.2) is 0 Å². The molecule has 0 saturated carbocycles. The number of aromatic nitrogens is 4. The summed E-state index contributed by atoms with van der Waals surface area (Å²) in [5, 5.41) is 6.71. The Labute approximate surface area is 132 Å². The molecule has 1 aliphatic rings. The van der Waals surface area contributed by atoms with Crippen LogP contribution in [0.15, 0.2) is 36.4 Å². The molecule has 112 valence electrons. The van der Waals surface area contributed by atoms with Gasteiger partial charge in [0.1, 0.15) is 29.1 Å². The van der Waals surface area contributed by atoms with Gasteiger partial charge in [0, 0.05) is 25.3 Å². The van der Waals surface area contributed by atoms with Crippen LogP contribution >= 0.6 is 11.3 Å². The number of fused-ring (bicyclic) bond motifs is 1. The lowest BCUT2D eigenvalue weighted by molar-refractivity contribution is 0.523. The van der Waals surface area contributed by atoms with Gasteiger partial charge in [-0.2, -0.15) is 0 Å². The zero-order valence-electron chi connectivity index (χ0n) is 12.0. The third kappa shape index (κ3) is 2.59. The fourth-order valence-corrected chi connectivity index (χ4v) is 3.58. The van der Waals surface area contributed by atoms with Crippen LogP contribution in [0.3, 0.4) is 0 Å². The SMILES string of the molecule is c1cc(NC2CCN(c3ncnc4sccc34)CC2)ncn1. The second-order valence-corrected chi connectivity index (χ2v) is 6.23. The van der Waals surface area contributed by atoms with Crippen molar-refractivity contribution >= 4 is 33.2 Å². The van der Waals surface area contributed by atoms with Gasteiger partial charge in [0.25, 0.3) is 0 Å². The van der Waals surface area contributed by atoms with Crippen LogP contribution in [0.5, 0.6) is 0 Å². The van der Waals surface area contributed by atoms with Gasteiger partial charge in [-0.1, -0.05) is 0 Å². The maximum absolute atomic E-state index is 4.49. The molecule has 0 atom stereocenters. The molecule has 0 bridgehead atoms. The first kappa shape index (κ1) is 13.4. The molecule has 4 rings (SSSR count). The molecule has 0 radical (unpaired) electrons. The number of anilines is 2. The molecule has 0 aliphatic carbocycles. The Balaban J connectivity index is 1.45. The highest BCUT2D eigenvalue weighted by atomic mass is 32.1. The quantitative estimate of drug-likeness (QED) is 0.802. The molecule has 1 aliphatic heterocycles. The predicted octanol–water partition coefficient (Wildman–Crippen LogP) is 2.56. The number of nitrogens with zero attached hydrogens (tertiary/aromatic N) is 5. The highest BCUT2D eigenvalue weighted by molar-refractivity contribution is 7.16. The second-order valence-electron chi connectivity index (χ2n) is 5.34. The molecule has 0 aromatic carbocycles. The van der Waals surface area contributed by atoms with Gasteiger partial charge >= 0.3 is 0 Å². The first-order chi connectivity index (χ1) is 10.9. The lowest BCUT2D eigenvalue weighted by Crippen LogP contribution is -2.39. The Kier molecular flexibility index (Phi) is 3.56. The Morgan fingerprint density at radius 1 is 1.09 bits per heavy atom. The summed E-state index contributed by atoms with van der Waals surface area (Å²) >= 11 is 1.66. The van der Waals surface area contributed by atoms with Gasteiger partial charge in [-0.05, 0) is 30.4 Å². The fraction of sp³-hybridized carbons (Fsp3) is 0.333. The first-order valence-electron chi connectivity index (χ1n) is 7.36. The lowest BCUT2D eigenvalue weighted by atomic mass is 10.0. The van der Waals surface area contributed by atoms with E-state index in [1.165, 1.54) is 0 Å². The van der Waals surface area contributed by atoms with Crippen molar-refractivity contribution in [2.45, 2.75) is 18.9 Å². The number of nitrogens with one attached hydrogen (secondary N) is 1. The van der Waals surface area contributed by atoms with E-state index in [2.05, 4.69) is 41.6 Å². The molecule has 1 N–H and O–H groups in total. The van der Waals surface area contributed by atoms with Crippen molar-refractivity contribution in [3.8, 4) is 0 Å². The van der Waals surface area contributed by atoms with E-state index < -0.39 is 0 Å². The summed E-state index contributed by atoms with van der Waals surface area (Å²) in [6.07, 6.45) is 7.14. The number of rotatable bonds is 3. The largest absolute Gasteiger partial charge is 0.367 e. The van der Waals surface area contributed by atoms with Crippen molar-refractivity contribution in [3.05, 3.63) is 36.4 Å². The Bertz CT molecular complexity index is 751. The summed E-state index contributed by atoms with van der Waals surface area (Å²) in [5.74, 6) is 1.96. The molecule has 1 saturated heterocycles. The number of thiophene rings is 1. The van der Waals surface area contributed by atoms with Crippen LogP contribution < -0.4 is 10.2 Å². The molecule has 1 fully saturated rings. The molecule has 3 aromatic rings. The Morgan fingerprint density at radius 3 is 2.82 bits per heavy atom. The van der Waals surface area contributed by atoms with Crippen LogP contribution in [0.25, 0.3) is 10.2 Å². The van der Waals surface area contributed by atoms with E-state index in [-0.39, 0.29) is 0 Å². The van der Waals surface area contributed by atoms with Crippen LogP contribution in [-0.4, -0.2) is 39.1 Å². The third-order valence-electron chi connectivity index (χ3n) is 3.97. The first-order valence-corrected chi connectivity index (χ1v) is 8.24. The minimum atomic E-state index is 0.450. The van der Waals surface area contributed by atoms with Gasteiger partial charge in [0.05, 0.1) is 5.39 Å². The summed E-state index contributed by atoms with van der Waals surface area (Å²) in [4.78, 5) is 20.4. The standard InChI is InChI=1S/C15H16N6S/c1-5-16-9-17-13(1)20-11-2-6-21(7-3-11)14-12-4-8-22-15(12)19-10-18-14/h1,4-5,8-11H,2-3,6-7H2,(H,16,17,20). The van der Waals surface area contributed by atoms with Gasteiger partial charge in [-0.3, -0.25) is 0 Å². The molecule has 0 amide bonds. The lowest BCUT2D eigenvalue weighted by Gasteiger charge is -2.33. The van der Waals surface area contributed by atoms with E-state index in [9.17, 15) is 0 Å². The van der Waals surface area contributed by atoms with E-state index >= 15 is 0 Å². The molecule has 22 heavy (non-hydrogen) atoms. The predicted molar refractivity (Wildman–Crippen MR) is 88.3 cm³/mol. The van der Waals surface area contributed by atoms with Gasteiger partial charge < -0.3 is 10.2 Å². The smallest absolute Gasteiger partial charge is 0.140 e. The van der Waals surface area contributed by atoms with E-state index in [1.807, 2.05) is 6.07 Å². The summed E-state index contributed by atoms with van der Waals surface area (Å²) in [6, 6.07) is 4.47. The van der Waals surface area contributed by atoms with Crippen molar-refractivity contribution in [2.24, 2.45) is 0 Å². The average molecular weight is 312 g/mol. The molecule has 0 unspecified atom stereocenters. The molecule has 0 spiro atoms. The molecular formula is C15H16N6S. The van der Waals surface area contributed by atoms with Crippen molar-refractivity contribution < 1.29 is 0 Å². The van der Waals surface area contributed by atoms with Crippen LogP contribution in [0.1, 0.15) is 12.8 Å². The highest BCUT2D eigenvalue weighted by Gasteiger charge is 2.22. The van der Waals surface area contributed by atoms with E-state index in [4.69, 9.17) is 0 Å². The summed E-state index contributed by atoms with van der Waals surface area (Å²) in [7, 11) is 0. The zero-order valence-corrected chi connectivity index (χ0v) is 12.8. The molecule has 4 heterocycles. The normalized spacial score (nSPS) is 16.1. The summed E-state index contributed by atoms with van der Waals surface area (Å²) < 4.78 is 0. The van der Waals surface area contributed by atoms with E-state index in [0.717, 1.165) is 47.8 Å². The fourth-order valence-electron chi connectivity index (χ4n) is 2.85. The second kappa shape index (κ2) is 5.84. The highest BCUT2D eigenvalue weighted by Crippen LogP contribution is 2.28. The number of piperidine rings is 1. The van der Waals surface area contributed by atoms with E-state index in [0.29, 0.717) is 6.04 Å². The van der Waals surface area contributed by atoms with Crippen molar-refractivity contribution in [1.29, 1.82) is 0 Å². The number of hydrogen-bond acceptors (Lipinski definition) is 7. The van der Waals surface area contributed by atoms with E-state index in [1.54, 1.807) is 30.2 Å². The van der Waals surface area contributed by atoms with Crippen molar-refractivity contribution in [3.63, 3.8) is 0 Å². The molecule has 3 aromatic heterocycles. The van der Waals surface area contributed by atoms with Gasteiger partial charge in [0.2, 0.25) is 0 Å². The average Bonchev–Trinajstić information content (AvgIpc) is 3.05. The summed E-state index contributed by atoms with van der Waals surface area (Å²) in [6.45, 7) is 1.98. The van der Waals surface area contributed by atoms with Gasteiger partial charge in [-0.25, -0.2) is 19.9 Å². The van der Waals surface area contributed by atoms with Crippen LogP contribution in [0.4, 0.5) is 11.6 Å². The molecule has 7 heteroatoms. The molecule has 6 nitrogen and oxygen atoms in total.